The molecule has 0 aliphatic carbocycles. The van der Waals surface area contributed by atoms with Crippen molar-refractivity contribution >= 4 is 11.6 Å². The maximum Gasteiger partial charge on any atom is 0.230 e. The van der Waals surface area contributed by atoms with Crippen LogP contribution in [-0.2, 0) is 12.1 Å². The van der Waals surface area contributed by atoms with Gasteiger partial charge in [0.25, 0.3) is 0 Å². The standard InChI is InChI=1S/C15H18ClN3O2/c1-11-17-18-14(21-11)10-19-8-6-15(20,7-9-19)12-2-4-13(16)5-3-12/h2-5,20H,6-10H2,1H3. The Kier molecular flexibility index (Phi) is 3.97. The second-order valence-electron chi connectivity index (χ2n) is 5.53. The van der Waals surface area contributed by atoms with Crippen LogP contribution in [0.4, 0.5) is 0 Å². The van der Waals surface area contributed by atoms with Gasteiger partial charge in [-0.25, -0.2) is 0 Å². The van der Waals surface area contributed by atoms with Gasteiger partial charge in [-0.15, -0.1) is 10.2 Å². The van der Waals surface area contributed by atoms with Gasteiger partial charge >= 0.3 is 0 Å². The van der Waals surface area contributed by atoms with Gasteiger partial charge in [-0.1, -0.05) is 23.7 Å². The Labute approximate surface area is 128 Å². The fraction of sp³-hybridized carbons (Fsp3) is 0.467. The Bertz CT molecular complexity index is 604. The predicted molar refractivity (Wildman–Crippen MR) is 78.9 cm³/mol. The quantitative estimate of drug-likeness (QED) is 0.944. The van der Waals surface area contributed by atoms with Gasteiger partial charge in [0.15, 0.2) is 0 Å². The molecule has 0 bridgehead atoms. The molecule has 0 amide bonds. The molecule has 1 aliphatic heterocycles. The normalized spacial score (nSPS) is 18.8. The maximum absolute atomic E-state index is 10.8. The summed E-state index contributed by atoms with van der Waals surface area (Å²) in [7, 11) is 0. The van der Waals surface area contributed by atoms with Crippen LogP contribution in [0.2, 0.25) is 5.02 Å². The van der Waals surface area contributed by atoms with E-state index in [0.717, 1.165) is 18.7 Å². The Morgan fingerprint density at radius 3 is 2.48 bits per heavy atom. The summed E-state index contributed by atoms with van der Waals surface area (Å²) < 4.78 is 5.39. The summed E-state index contributed by atoms with van der Waals surface area (Å²) in [5.74, 6) is 1.21. The number of piperidine rings is 1. The Morgan fingerprint density at radius 2 is 1.90 bits per heavy atom. The number of likely N-dealkylation sites (tertiary alicyclic amines) is 1. The van der Waals surface area contributed by atoms with E-state index in [1.54, 1.807) is 6.92 Å². The van der Waals surface area contributed by atoms with Crippen molar-refractivity contribution in [3.63, 3.8) is 0 Å². The zero-order valence-electron chi connectivity index (χ0n) is 11.9. The van der Waals surface area contributed by atoms with Crippen LogP contribution in [0.25, 0.3) is 0 Å². The van der Waals surface area contributed by atoms with Crippen molar-refractivity contribution in [2.24, 2.45) is 0 Å². The van der Waals surface area contributed by atoms with E-state index in [4.69, 9.17) is 16.0 Å². The second kappa shape index (κ2) is 5.75. The Morgan fingerprint density at radius 1 is 1.24 bits per heavy atom. The lowest BCUT2D eigenvalue weighted by Gasteiger charge is -2.38. The van der Waals surface area contributed by atoms with Crippen LogP contribution in [0, 0.1) is 6.92 Å². The lowest BCUT2D eigenvalue weighted by atomic mass is 9.84. The summed E-state index contributed by atoms with van der Waals surface area (Å²) in [6.07, 6.45) is 1.36. The minimum atomic E-state index is -0.772. The Balaban J connectivity index is 1.62. The lowest BCUT2D eigenvalue weighted by molar-refractivity contribution is -0.0292. The van der Waals surface area contributed by atoms with E-state index in [-0.39, 0.29) is 0 Å². The van der Waals surface area contributed by atoms with Gasteiger partial charge in [0.1, 0.15) is 0 Å². The van der Waals surface area contributed by atoms with Crippen molar-refractivity contribution in [3.8, 4) is 0 Å². The summed E-state index contributed by atoms with van der Waals surface area (Å²) in [4.78, 5) is 2.22. The minimum Gasteiger partial charge on any atom is -0.424 e. The van der Waals surface area contributed by atoms with E-state index in [9.17, 15) is 5.11 Å². The van der Waals surface area contributed by atoms with E-state index in [0.29, 0.717) is 36.2 Å². The van der Waals surface area contributed by atoms with E-state index >= 15 is 0 Å². The SMILES string of the molecule is Cc1nnc(CN2CCC(O)(c3ccc(Cl)cc3)CC2)o1. The molecule has 1 saturated heterocycles. The molecule has 21 heavy (non-hydrogen) atoms. The predicted octanol–water partition coefficient (Wildman–Crippen LogP) is 2.52. The van der Waals surface area contributed by atoms with E-state index in [2.05, 4.69) is 15.1 Å². The lowest BCUT2D eigenvalue weighted by Crippen LogP contribution is -2.42. The first-order valence-electron chi connectivity index (χ1n) is 7.05. The van der Waals surface area contributed by atoms with Gasteiger partial charge in [0, 0.05) is 25.0 Å². The molecule has 2 aromatic rings. The number of aliphatic hydroxyl groups is 1. The number of aryl methyl sites for hydroxylation is 1. The van der Waals surface area contributed by atoms with E-state index < -0.39 is 5.60 Å². The van der Waals surface area contributed by atoms with Crippen LogP contribution in [0.15, 0.2) is 28.7 Å². The molecule has 0 saturated carbocycles. The number of aromatic nitrogens is 2. The summed E-state index contributed by atoms with van der Waals surface area (Å²) >= 11 is 5.90. The first kappa shape index (κ1) is 14.5. The average Bonchev–Trinajstić information content (AvgIpc) is 2.88. The highest BCUT2D eigenvalue weighted by molar-refractivity contribution is 6.30. The molecule has 5 nitrogen and oxygen atoms in total. The summed E-state index contributed by atoms with van der Waals surface area (Å²) in [5.41, 5.74) is 0.159. The molecular weight excluding hydrogens is 290 g/mol. The largest absolute Gasteiger partial charge is 0.424 e. The molecule has 1 aromatic carbocycles. The minimum absolute atomic E-state index is 0.583. The van der Waals surface area contributed by atoms with Crippen LogP contribution in [-0.4, -0.2) is 33.3 Å². The average molecular weight is 308 g/mol. The molecule has 1 aliphatic rings. The van der Waals surface area contributed by atoms with Crippen molar-refractivity contribution in [1.82, 2.24) is 15.1 Å². The first-order valence-corrected chi connectivity index (χ1v) is 7.43. The highest BCUT2D eigenvalue weighted by atomic mass is 35.5. The van der Waals surface area contributed by atoms with Crippen LogP contribution in [0.1, 0.15) is 30.2 Å². The van der Waals surface area contributed by atoms with Gasteiger partial charge in [-0.05, 0) is 30.5 Å². The van der Waals surface area contributed by atoms with Crippen molar-refractivity contribution in [1.29, 1.82) is 0 Å². The van der Waals surface area contributed by atoms with Crippen molar-refractivity contribution in [2.45, 2.75) is 31.9 Å². The summed E-state index contributed by atoms with van der Waals surface area (Å²) in [6.45, 7) is 4.00. The number of rotatable bonds is 3. The van der Waals surface area contributed by atoms with E-state index in [1.165, 1.54) is 0 Å². The summed E-state index contributed by atoms with van der Waals surface area (Å²) in [5, 5.41) is 19.3. The summed E-state index contributed by atoms with van der Waals surface area (Å²) in [6, 6.07) is 7.45. The van der Waals surface area contributed by atoms with Gasteiger partial charge < -0.3 is 9.52 Å². The van der Waals surface area contributed by atoms with Crippen LogP contribution >= 0.6 is 11.6 Å². The van der Waals surface area contributed by atoms with Gasteiger partial charge in [-0.2, -0.15) is 0 Å². The van der Waals surface area contributed by atoms with Crippen LogP contribution < -0.4 is 0 Å². The number of benzene rings is 1. The smallest absolute Gasteiger partial charge is 0.230 e. The fourth-order valence-corrected chi connectivity index (χ4v) is 2.85. The van der Waals surface area contributed by atoms with E-state index in [1.807, 2.05) is 24.3 Å². The number of nitrogens with zero attached hydrogens (tertiary/aromatic N) is 3. The molecule has 0 unspecified atom stereocenters. The monoisotopic (exact) mass is 307 g/mol. The maximum atomic E-state index is 10.8. The number of halogens is 1. The van der Waals surface area contributed by atoms with Gasteiger partial charge in [-0.3, -0.25) is 4.90 Å². The van der Waals surface area contributed by atoms with Gasteiger partial charge in [0.05, 0.1) is 12.1 Å². The van der Waals surface area contributed by atoms with Gasteiger partial charge in [0.2, 0.25) is 11.8 Å². The third-order valence-electron chi connectivity index (χ3n) is 3.99. The highest BCUT2D eigenvalue weighted by Gasteiger charge is 2.34. The molecule has 0 radical (unpaired) electrons. The molecule has 1 N–H and O–H groups in total. The number of hydrogen-bond donors (Lipinski definition) is 1. The highest BCUT2D eigenvalue weighted by Crippen LogP contribution is 2.33. The molecule has 0 atom stereocenters. The molecule has 2 heterocycles. The zero-order chi connectivity index (χ0) is 14.9. The molecule has 3 rings (SSSR count). The third kappa shape index (κ3) is 3.26. The molecule has 6 heteroatoms. The van der Waals surface area contributed by atoms with Crippen molar-refractivity contribution < 1.29 is 9.52 Å². The van der Waals surface area contributed by atoms with Crippen LogP contribution in [0.5, 0.6) is 0 Å². The molecule has 112 valence electrons. The third-order valence-corrected chi connectivity index (χ3v) is 4.24. The molecule has 1 aromatic heterocycles. The number of hydrogen-bond acceptors (Lipinski definition) is 5. The second-order valence-corrected chi connectivity index (χ2v) is 5.97. The molecule has 0 spiro atoms. The zero-order valence-corrected chi connectivity index (χ0v) is 12.7. The fourth-order valence-electron chi connectivity index (χ4n) is 2.72. The topological polar surface area (TPSA) is 62.4 Å². The Hall–Kier alpha value is -1.43. The molecule has 1 fully saturated rings. The van der Waals surface area contributed by atoms with Crippen LogP contribution in [0.3, 0.4) is 0 Å². The molecular formula is C15H18ClN3O2. The first-order chi connectivity index (χ1) is 10.0. The van der Waals surface area contributed by atoms with Crippen molar-refractivity contribution in [3.05, 3.63) is 46.6 Å². The van der Waals surface area contributed by atoms with Crippen molar-refractivity contribution in [2.75, 3.05) is 13.1 Å².